The Labute approximate surface area is 146 Å². The van der Waals surface area contributed by atoms with Crippen LogP contribution in [-0.4, -0.2) is 18.9 Å². The molecule has 0 saturated heterocycles. The summed E-state index contributed by atoms with van der Waals surface area (Å²) in [4.78, 5) is 12.4. The molecule has 1 amide bonds. The number of amidine groups is 1. The molecule has 2 aromatic rings. The van der Waals surface area contributed by atoms with Crippen molar-refractivity contribution in [2.24, 2.45) is 16.8 Å². The number of rotatable bonds is 5. The molecule has 0 aliphatic carbocycles. The van der Waals surface area contributed by atoms with Crippen molar-refractivity contribution in [2.75, 3.05) is 12.1 Å². The van der Waals surface area contributed by atoms with Crippen LogP contribution in [0.25, 0.3) is 0 Å². The van der Waals surface area contributed by atoms with Crippen LogP contribution in [0.5, 0.6) is 5.75 Å². The van der Waals surface area contributed by atoms with Crippen molar-refractivity contribution in [3.8, 4) is 5.75 Å². The van der Waals surface area contributed by atoms with Gasteiger partial charge in [-0.25, -0.2) is 5.01 Å². The molecule has 0 fully saturated rings. The van der Waals surface area contributed by atoms with E-state index in [2.05, 4.69) is 10.4 Å². The quantitative estimate of drug-likeness (QED) is 0.877. The number of nitrogens with two attached hydrogens (primary N) is 1. The van der Waals surface area contributed by atoms with Crippen LogP contribution in [0.3, 0.4) is 0 Å². The molecule has 2 aromatic carbocycles. The van der Waals surface area contributed by atoms with Crippen LogP contribution in [0, 0.1) is 5.92 Å². The van der Waals surface area contributed by atoms with Gasteiger partial charge in [-0.15, -0.1) is 0 Å². The smallest absolute Gasteiger partial charge is 0.234 e. The third kappa shape index (κ3) is 3.98. The molecule has 6 nitrogen and oxygen atoms in total. The Balaban J connectivity index is 1.62. The number of anilines is 1. The number of carbonyl (C=O) groups is 1. The normalized spacial score (nSPS) is 16.3. The van der Waals surface area contributed by atoms with E-state index in [1.54, 1.807) is 24.4 Å². The SMILES string of the molecule is COc1cccc(CNC(=O)C2C=CN(c3ccccc3)N=C2N)c1. The number of hydrogen-bond acceptors (Lipinski definition) is 5. The van der Waals surface area contributed by atoms with Gasteiger partial charge >= 0.3 is 0 Å². The number of nitrogens with zero attached hydrogens (tertiary/aromatic N) is 2. The van der Waals surface area contributed by atoms with E-state index in [1.807, 2.05) is 54.6 Å². The summed E-state index contributed by atoms with van der Waals surface area (Å²) in [5.74, 6) is 0.247. The molecule has 25 heavy (non-hydrogen) atoms. The van der Waals surface area contributed by atoms with Gasteiger partial charge in [0.15, 0.2) is 0 Å². The summed E-state index contributed by atoms with van der Waals surface area (Å²) in [5, 5.41) is 8.83. The fraction of sp³-hybridized carbons (Fsp3) is 0.158. The first-order valence-electron chi connectivity index (χ1n) is 7.94. The number of hydrazone groups is 1. The van der Waals surface area contributed by atoms with E-state index < -0.39 is 5.92 Å². The molecule has 0 saturated carbocycles. The second-order valence-corrected chi connectivity index (χ2v) is 5.59. The predicted octanol–water partition coefficient (Wildman–Crippen LogP) is 2.23. The third-order valence-corrected chi connectivity index (χ3v) is 3.87. The number of hydrogen-bond donors (Lipinski definition) is 2. The van der Waals surface area contributed by atoms with Crippen molar-refractivity contribution in [2.45, 2.75) is 6.54 Å². The van der Waals surface area contributed by atoms with Crippen LogP contribution in [0.15, 0.2) is 72.0 Å². The van der Waals surface area contributed by atoms with Crippen LogP contribution >= 0.6 is 0 Å². The van der Waals surface area contributed by atoms with E-state index >= 15 is 0 Å². The lowest BCUT2D eigenvalue weighted by molar-refractivity contribution is -0.122. The van der Waals surface area contributed by atoms with Crippen molar-refractivity contribution >= 4 is 17.4 Å². The lowest BCUT2D eigenvalue weighted by Crippen LogP contribution is -2.40. The van der Waals surface area contributed by atoms with E-state index in [9.17, 15) is 4.79 Å². The molecule has 1 aliphatic rings. The number of para-hydroxylation sites is 1. The first kappa shape index (κ1) is 16.6. The average Bonchev–Trinajstić information content (AvgIpc) is 2.67. The molecular weight excluding hydrogens is 316 g/mol. The molecule has 0 radical (unpaired) electrons. The Hall–Kier alpha value is -3.28. The van der Waals surface area contributed by atoms with Crippen LogP contribution in [0.2, 0.25) is 0 Å². The lowest BCUT2D eigenvalue weighted by Gasteiger charge is -2.23. The Kier molecular flexibility index (Phi) is 4.99. The first-order valence-corrected chi connectivity index (χ1v) is 7.94. The van der Waals surface area contributed by atoms with Crippen molar-refractivity contribution < 1.29 is 9.53 Å². The largest absolute Gasteiger partial charge is 0.497 e. The standard InChI is InChI=1S/C19H20N4O2/c1-25-16-9-5-6-14(12-16)13-21-19(24)17-10-11-23(22-18(17)20)15-7-3-2-4-8-15/h2-12,17H,13H2,1H3,(H2,20,22)(H,21,24). The minimum Gasteiger partial charge on any atom is -0.497 e. The molecule has 1 unspecified atom stereocenters. The Morgan fingerprint density at radius 2 is 2.04 bits per heavy atom. The van der Waals surface area contributed by atoms with Gasteiger partial charge in [-0.05, 0) is 35.9 Å². The maximum absolute atomic E-state index is 12.4. The zero-order valence-corrected chi connectivity index (χ0v) is 13.9. The summed E-state index contributed by atoms with van der Waals surface area (Å²) < 4.78 is 5.18. The summed E-state index contributed by atoms with van der Waals surface area (Å²) in [7, 11) is 1.61. The van der Waals surface area contributed by atoms with Crippen molar-refractivity contribution in [1.82, 2.24) is 5.32 Å². The van der Waals surface area contributed by atoms with Gasteiger partial charge in [0.25, 0.3) is 0 Å². The summed E-state index contributed by atoms with van der Waals surface area (Å²) >= 11 is 0. The molecule has 1 aliphatic heterocycles. The molecule has 128 valence electrons. The summed E-state index contributed by atoms with van der Waals surface area (Å²) in [6, 6.07) is 17.2. The fourth-order valence-corrected chi connectivity index (χ4v) is 2.51. The van der Waals surface area contributed by atoms with Gasteiger partial charge in [-0.1, -0.05) is 30.3 Å². The Morgan fingerprint density at radius 3 is 2.76 bits per heavy atom. The Bertz CT molecular complexity index is 802. The molecule has 0 bridgehead atoms. The monoisotopic (exact) mass is 336 g/mol. The van der Waals surface area contributed by atoms with Crippen LogP contribution < -0.4 is 20.8 Å². The maximum atomic E-state index is 12.4. The topological polar surface area (TPSA) is 80.0 Å². The van der Waals surface area contributed by atoms with Crippen LogP contribution in [-0.2, 0) is 11.3 Å². The Morgan fingerprint density at radius 1 is 1.24 bits per heavy atom. The van der Waals surface area contributed by atoms with Crippen molar-refractivity contribution in [3.63, 3.8) is 0 Å². The number of methoxy groups -OCH3 is 1. The maximum Gasteiger partial charge on any atom is 0.234 e. The highest BCUT2D eigenvalue weighted by Gasteiger charge is 2.23. The number of carbonyl (C=O) groups excluding carboxylic acids is 1. The van der Waals surface area contributed by atoms with Gasteiger partial charge in [-0.3, -0.25) is 4.79 Å². The number of ether oxygens (including phenoxy) is 1. The highest BCUT2D eigenvalue weighted by Crippen LogP contribution is 2.19. The van der Waals surface area contributed by atoms with E-state index in [1.165, 1.54) is 0 Å². The van der Waals surface area contributed by atoms with Gasteiger partial charge in [-0.2, -0.15) is 5.10 Å². The van der Waals surface area contributed by atoms with Crippen LogP contribution in [0.4, 0.5) is 5.69 Å². The number of amides is 1. The van der Waals surface area contributed by atoms with Gasteiger partial charge in [0.05, 0.1) is 12.8 Å². The molecule has 1 atom stereocenters. The zero-order valence-electron chi connectivity index (χ0n) is 13.9. The van der Waals surface area contributed by atoms with Gasteiger partial charge in [0.1, 0.15) is 17.5 Å². The lowest BCUT2D eigenvalue weighted by atomic mass is 10.1. The molecule has 0 aromatic heterocycles. The molecule has 0 spiro atoms. The molecule has 1 heterocycles. The van der Waals surface area contributed by atoms with E-state index in [-0.39, 0.29) is 11.7 Å². The van der Waals surface area contributed by atoms with E-state index in [4.69, 9.17) is 10.5 Å². The predicted molar refractivity (Wildman–Crippen MR) is 98.0 cm³/mol. The first-order chi connectivity index (χ1) is 12.2. The van der Waals surface area contributed by atoms with Gasteiger partial charge in [0.2, 0.25) is 5.91 Å². The number of nitrogens with one attached hydrogen (secondary N) is 1. The van der Waals surface area contributed by atoms with E-state index in [0.717, 1.165) is 17.0 Å². The molecule has 6 heteroatoms. The minimum absolute atomic E-state index is 0.187. The highest BCUT2D eigenvalue weighted by molar-refractivity contribution is 6.05. The zero-order chi connectivity index (χ0) is 17.6. The second-order valence-electron chi connectivity index (χ2n) is 5.59. The molecule has 3 rings (SSSR count). The highest BCUT2D eigenvalue weighted by atomic mass is 16.5. The van der Waals surface area contributed by atoms with Crippen LogP contribution in [0.1, 0.15) is 5.56 Å². The van der Waals surface area contributed by atoms with Crippen molar-refractivity contribution in [3.05, 3.63) is 72.4 Å². The van der Waals surface area contributed by atoms with E-state index in [0.29, 0.717) is 6.54 Å². The second kappa shape index (κ2) is 7.53. The fourth-order valence-electron chi connectivity index (χ4n) is 2.51. The van der Waals surface area contributed by atoms with Gasteiger partial charge < -0.3 is 15.8 Å². The summed E-state index contributed by atoms with van der Waals surface area (Å²) in [6.07, 6.45) is 3.50. The minimum atomic E-state index is -0.578. The van der Waals surface area contributed by atoms with Gasteiger partial charge in [0, 0.05) is 12.7 Å². The van der Waals surface area contributed by atoms with Crippen molar-refractivity contribution in [1.29, 1.82) is 0 Å². The summed E-state index contributed by atoms with van der Waals surface area (Å²) in [5.41, 5.74) is 7.84. The molecular formula is C19H20N4O2. The third-order valence-electron chi connectivity index (χ3n) is 3.87. The molecule has 3 N–H and O–H groups in total. The average molecular weight is 336 g/mol. The summed E-state index contributed by atoms with van der Waals surface area (Å²) in [6.45, 7) is 0.399. The number of benzene rings is 2.